The minimum atomic E-state index is -1.71. The second-order valence-electron chi connectivity index (χ2n) is 3.66. The lowest BCUT2D eigenvalue weighted by molar-refractivity contribution is -0.135. The van der Waals surface area contributed by atoms with Gasteiger partial charge in [-0.15, -0.1) is 0 Å². The lowest BCUT2D eigenvalue weighted by Gasteiger charge is -2.16. The molecule has 0 heterocycles. The molecular weight excluding hydrogens is 202 g/mol. The van der Waals surface area contributed by atoms with E-state index < -0.39 is 8.32 Å². The zero-order valence-electron chi connectivity index (χ0n) is 8.29. The maximum Gasteiger partial charge on any atom is 0.292 e. The third kappa shape index (κ3) is 9.40. The number of hydrogen-bond acceptors (Lipinski definition) is 4. The third-order valence-corrected chi connectivity index (χ3v) is 2.10. The Labute approximate surface area is 85.3 Å². The van der Waals surface area contributed by atoms with Gasteiger partial charge in [0, 0.05) is 13.0 Å². The van der Waals surface area contributed by atoms with Crippen molar-refractivity contribution in [1.29, 1.82) is 0 Å². The van der Waals surface area contributed by atoms with Crippen molar-refractivity contribution in [2.45, 2.75) is 32.5 Å². The molecule has 0 saturated carbocycles. The van der Waals surface area contributed by atoms with Gasteiger partial charge >= 0.3 is 0 Å². The first-order valence-corrected chi connectivity index (χ1v) is 8.03. The molecule has 3 nitrogen and oxygen atoms in total. The number of thiocarbonyl (C=S) groups is 1. The number of carbonyl (C=O) groups is 1. The molecule has 13 heavy (non-hydrogen) atoms. The standard InChI is InChI=1S/C8H15NO2SSi/c1-13(2,3)11-8(10)5-4-6-9-7-12/h4-6H2,1-3H3. The number of hydrogen-bond donors (Lipinski definition) is 0. The van der Waals surface area contributed by atoms with Gasteiger partial charge in [-0.05, 0) is 38.3 Å². The topological polar surface area (TPSA) is 38.7 Å². The number of rotatable bonds is 5. The van der Waals surface area contributed by atoms with Crippen LogP contribution in [0.4, 0.5) is 0 Å². The van der Waals surface area contributed by atoms with E-state index in [2.05, 4.69) is 22.4 Å². The van der Waals surface area contributed by atoms with E-state index >= 15 is 0 Å². The van der Waals surface area contributed by atoms with Crippen molar-refractivity contribution in [3.05, 3.63) is 0 Å². The summed E-state index contributed by atoms with van der Waals surface area (Å²) in [5.41, 5.74) is 0. The van der Waals surface area contributed by atoms with E-state index in [1.165, 1.54) is 0 Å². The second kappa shape index (κ2) is 6.02. The van der Waals surface area contributed by atoms with Crippen molar-refractivity contribution in [3.8, 4) is 0 Å². The van der Waals surface area contributed by atoms with Crippen LogP contribution in [0.2, 0.25) is 19.6 Å². The Kier molecular flexibility index (Phi) is 5.78. The summed E-state index contributed by atoms with van der Waals surface area (Å²) in [6.07, 6.45) is 1.11. The molecule has 0 rings (SSSR count). The van der Waals surface area contributed by atoms with Crippen LogP contribution < -0.4 is 0 Å². The molecule has 5 heteroatoms. The molecule has 0 radical (unpaired) electrons. The fourth-order valence-electron chi connectivity index (χ4n) is 0.741. The molecule has 0 atom stereocenters. The summed E-state index contributed by atoms with van der Waals surface area (Å²) in [5, 5.41) is 2.25. The van der Waals surface area contributed by atoms with Crippen LogP contribution in [0.15, 0.2) is 4.99 Å². The summed E-state index contributed by atoms with van der Waals surface area (Å²) < 4.78 is 5.23. The normalized spacial score (nSPS) is 10.4. The van der Waals surface area contributed by atoms with Crippen molar-refractivity contribution >= 4 is 31.7 Å². The van der Waals surface area contributed by atoms with Gasteiger partial charge in [0.15, 0.2) is 0 Å². The molecular formula is C8H15NO2SSi. The van der Waals surface area contributed by atoms with E-state index in [9.17, 15) is 4.79 Å². The monoisotopic (exact) mass is 217 g/mol. The Bertz CT molecular complexity index is 219. The highest BCUT2D eigenvalue weighted by atomic mass is 32.1. The van der Waals surface area contributed by atoms with Gasteiger partial charge in [0.1, 0.15) is 0 Å². The molecule has 0 aromatic carbocycles. The molecule has 0 N–H and O–H groups in total. The van der Waals surface area contributed by atoms with Crippen LogP contribution in [0, 0.1) is 0 Å². The van der Waals surface area contributed by atoms with E-state index in [1.54, 1.807) is 0 Å². The van der Waals surface area contributed by atoms with Gasteiger partial charge in [0.05, 0.1) is 5.16 Å². The van der Waals surface area contributed by atoms with Crippen molar-refractivity contribution in [3.63, 3.8) is 0 Å². The number of aliphatic imine (C=N–C) groups is 1. The van der Waals surface area contributed by atoms with Gasteiger partial charge in [0.2, 0.25) is 8.32 Å². The molecule has 0 aromatic rings. The molecule has 0 bridgehead atoms. The molecule has 0 spiro atoms. The van der Waals surface area contributed by atoms with Gasteiger partial charge in [-0.1, -0.05) is 0 Å². The first kappa shape index (κ1) is 12.5. The van der Waals surface area contributed by atoms with E-state index in [-0.39, 0.29) is 5.97 Å². The molecule has 74 valence electrons. The van der Waals surface area contributed by atoms with Gasteiger partial charge in [-0.3, -0.25) is 4.79 Å². The Morgan fingerprint density at radius 1 is 1.54 bits per heavy atom. The molecule has 0 unspecified atom stereocenters. The minimum absolute atomic E-state index is 0.126. The predicted molar refractivity (Wildman–Crippen MR) is 58.6 cm³/mol. The summed E-state index contributed by atoms with van der Waals surface area (Å²) in [6.45, 7) is 6.52. The van der Waals surface area contributed by atoms with Crippen LogP contribution >= 0.6 is 12.2 Å². The van der Waals surface area contributed by atoms with E-state index in [1.807, 2.05) is 19.6 Å². The largest absolute Gasteiger partial charge is 0.520 e. The first-order valence-electron chi connectivity index (χ1n) is 4.21. The third-order valence-electron chi connectivity index (χ3n) is 1.14. The average molecular weight is 217 g/mol. The van der Waals surface area contributed by atoms with Gasteiger partial charge in [-0.2, -0.15) is 0 Å². The SMILES string of the molecule is C[Si](C)(C)OC(=O)CCCN=C=S. The lowest BCUT2D eigenvalue weighted by Crippen LogP contribution is -2.29. The molecule has 0 aromatic heterocycles. The zero-order valence-corrected chi connectivity index (χ0v) is 10.1. The molecule has 0 aliphatic heterocycles. The van der Waals surface area contributed by atoms with Crippen LogP contribution in [0.25, 0.3) is 0 Å². The lowest BCUT2D eigenvalue weighted by atomic mass is 10.3. The van der Waals surface area contributed by atoms with Crippen molar-refractivity contribution in [1.82, 2.24) is 0 Å². The van der Waals surface area contributed by atoms with Gasteiger partial charge in [-0.25, -0.2) is 4.99 Å². The summed E-state index contributed by atoms with van der Waals surface area (Å²) in [7, 11) is -1.71. The Balaban J connectivity index is 3.58. The highest BCUT2D eigenvalue weighted by Gasteiger charge is 2.19. The van der Waals surface area contributed by atoms with E-state index in [4.69, 9.17) is 4.43 Å². The number of carbonyl (C=O) groups excluding carboxylic acids is 1. The van der Waals surface area contributed by atoms with Crippen molar-refractivity contribution < 1.29 is 9.22 Å². The van der Waals surface area contributed by atoms with Gasteiger partial charge < -0.3 is 4.43 Å². The van der Waals surface area contributed by atoms with Crippen LogP contribution in [-0.4, -0.2) is 26.0 Å². The van der Waals surface area contributed by atoms with Crippen LogP contribution in [-0.2, 0) is 9.22 Å². The molecule has 0 fully saturated rings. The Morgan fingerprint density at radius 2 is 2.15 bits per heavy atom. The first-order chi connectivity index (χ1) is 5.95. The van der Waals surface area contributed by atoms with E-state index in [0.29, 0.717) is 19.4 Å². The van der Waals surface area contributed by atoms with Gasteiger partial charge in [0.25, 0.3) is 5.97 Å². The fraction of sp³-hybridized carbons (Fsp3) is 0.750. The molecule has 0 amide bonds. The van der Waals surface area contributed by atoms with Crippen molar-refractivity contribution in [2.24, 2.45) is 4.99 Å². The fourth-order valence-corrected chi connectivity index (χ4v) is 1.62. The number of nitrogens with zero attached hydrogens (tertiary/aromatic N) is 1. The maximum atomic E-state index is 11.1. The summed E-state index contributed by atoms with van der Waals surface area (Å²) in [4.78, 5) is 14.9. The van der Waals surface area contributed by atoms with Crippen molar-refractivity contribution in [2.75, 3.05) is 6.54 Å². The second-order valence-corrected chi connectivity index (χ2v) is 8.27. The molecule has 0 aliphatic carbocycles. The van der Waals surface area contributed by atoms with Crippen LogP contribution in [0.1, 0.15) is 12.8 Å². The summed E-state index contributed by atoms with van der Waals surface area (Å²) in [5.74, 6) is -0.126. The Morgan fingerprint density at radius 3 is 2.62 bits per heavy atom. The molecule has 0 saturated heterocycles. The number of isothiocyanates is 1. The maximum absolute atomic E-state index is 11.1. The predicted octanol–water partition coefficient (Wildman–Crippen LogP) is 2.25. The van der Waals surface area contributed by atoms with E-state index in [0.717, 1.165) is 0 Å². The summed E-state index contributed by atoms with van der Waals surface area (Å²) in [6, 6.07) is 0. The minimum Gasteiger partial charge on any atom is -0.520 e. The van der Waals surface area contributed by atoms with Crippen LogP contribution in [0.5, 0.6) is 0 Å². The quantitative estimate of drug-likeness (QED) is 0.307. The average Bonchev–Trinajstić information content (AvgIpc) is 1.94. The molecule has 0 aliphatic rings. The Hall–Kier alpha value is -0.513. The highest BCUT2D eigenvalue weighted by Crippen LogP contribution is 2.05. The van der Waals surface area contributed by atoms with Crippen LogP contribution in [0.3, 0.4) is 0 Å². The summed E-state index contributed by atoms with van der Waals surface area (Å²) >= 11 is 4.39. The highest BCUT2D eigenvalue weighted by molar-refractivity contribution is 7.78. The zero-order chi connectivity index (χ0) is 10.3. The smallest absolute Gasteiger partial charge is 0.292 e.